The molecule has 3 fully saturated rings. The van der Waals surface area contributed by atoms with Crippen molar-refractivity contribution in [2.24, 2.45) is 5.92 Å². The van der Waals surface area contributed by atoms with Gasteiger partial charge >= 0.3 is 0 Å². The maximum Gasteiger partial charge on any atom is 0.251 e. The molecule has 4 aromatic carbocycles. The number of phenols is 1. The molecule has 3 aliphatic heterocycles. The van der Waals surface area contributed by atoms with Crippen molar-refractivity contribution < 1.29 is 79.5 Å². The van der Waals surface area contributed by atoms with Crippen LogP contribution in [0.2, 0.25) is 0 Å². The molecule has 0 unspecified atom stereocenters. The molecule has 0 bridgehead atoms. The summed E-state index contributed by atoms with van der Waals surface area (Å²) in [6.07, 6.45) is -12.4. The van der Waals surface area contributed by atoms with Gasteiger partial charge in [0, 0.05) is 37.5 Å². The first-order valence-electron chi connectivity index (χ1n) is 27.7. The lowest BCUT2D eigenvalue weighted by Gasteiger charge is -2.39. The number of rotatable bonds is 14. The third-order valence-electron chi connectivity index (χ3n) is 15.6. The third kappa shape index (κ3) is 14.9. The number of unbranched alkanes of at least 4 members (excludes halogenated alkanes) is 2. The molecule has 23 nitrogen and oxygen atoms in total. The molecule has 0 aliphatic carbocycles. The second-order valence-electron chi connectivity index (χ2n) is 21.8. The molecule has 7 rings (SSSR count). The normalized spacial score (nSPS) is 28.6. The fraction of sp³-hybridized carbons (Fsp3) is 0.492. The van der Waals surface area contributed by atoms with Crippen molar-refractivity contribution in [2.75, 3.05) is 19.7 Å². The van der Waals surface area contributed by atoms with E-state index in [1.165, 1.54) is 55.1 Å². The van der Waals surface area contributed by atoms with Gasteiger partial charge in [-0.1, -0.05) is 87.4 Å². The van der Waals surface area contributed by atoms with Crippen LogP contribution in [0.4, 0.5) is 0 Å². The van der Waals surface area contributed by atoms with Crippen molar-refractivity contribution in [3.63, 3.8) is 0 Å². The van der Waals surface area contributed by atoms with E-state index in [1.807, 2.05) is 48.5 Å². The van der Waals surface area contributed by atoms with Crippen molar-refractivity contribution in [1.29, 1.82) is 0 Å². The van der Waals surface area contributed by atoms with Gasteiger partial charge < -0.3 is 82.2 Å². The highest BCUT2D eigenvalue weighted by atomic mass is 16.5. The first-order chi connectivity index (χ1) is 39.0. The molecule has 0 saturated carbocycles. The summed E-state index contributed by atoms with van der Waals surface area (Å²) >= 11 is 0. The summed E-state index contributed by atoms with van der Waals surface area (Å²) in [4.78, 5) is 88.4. The lowest BCUT2D eigenvalue weighted by Crippen LogP contribution is -2.64. The number of carbonyl (C=O) groups is 6. The monoisotopic (exact) mass is 1140 g/mol. The van der Waals surface area contributed by atoms with Crippen molar-refractivity contribution >= 4 is 35.4 Å². The first-order valence-corrected chi connectivity index (χ1v) is 27.7. The topological polar surface area (TPSA) is 360 Å². The number of nitrogens with zero attached hydrogens (tertiary/aromatic N) is 2. The Morgan fingerprint density at radius 3 is 1.82 bits per heavy atom. The van der Waals surface area contributed by atoms with Crippen LogP contribution in [-0.4, -0.2) is 196 Å². The highest BCUT2D eigenvalue weighted by Crippen LogP contribution is 2.31. The number of benzene rings is 4. The number of nitrogens with one attached hydrogen (secondary N) is 5. The van der Waals surface area contributed by atoms with Gasteiger partial charge in [-0.3, -0.25) is 33.7 Å². The Bertz CT molecular complexity index is 2820. The number of hydrogen-bond acceptors (Lipinski definition) is 17. The van der Waals surface area contributed by atoms with Gasteiger partial charge in [-0.25, -0.2) is 0 Å². The van der Waals surface area contributed by atoms with E-state index in [2.05, 4.69) is 33.5 Å². The quantitative estimate of drug-likeness (QED) is 0.0735. The van der Waals surface area contributed by atoms with Gasteiger partial charge in [0.1, 0.15) is 60.0 Å². The molecule has 82 heavy (non-hydrogen) atoms. The number of phenolic OH excluding ortho intramolecular Hbond substituents is 1. The average molecular weight is 1140 g/mol. The number of aliphatic hydroxyl groups is 8. The molecule has 444 valence electrons. The smallest absolute Gasteiger partial charge is 0.251 e. The molecule has 14 N–H and O–H groups in total. The number of carbonyl (C=O) groups excluding carboxylic acids is 6. The number of amides is 6. The van der Waals surface area contributed by atoms with Crippen LogP contribution >= 0.6 is 0 Å². The molecule has 4 aromatic rings. The van der Waals surface area contributed by atoms with Gasteiger partial charge in [-0.2, -0.15) is 0 Å². The van der Waals surface area contributed by atoms with Crippen LogP contribution in [0.25, 0.3) is 22.3 Å². The van der Waals surface area contributed by atoms with E-state index in [4.69, 9.17) is 4.74 Å². The number of ether oxygens (including phenoxy) is 1. The standard InChI is InChI=1S/C59H77N7O16/c1-6-7-8-25-82-42-23-19-37(20-24-42)35-11-9-34(10-12-35)36-13-15-39(16-14-36)53(75)60-43-27-45(71)56(78)64-58(80)49-50(72)30(2)28-65(49)31(3)46(32(4)67)61-57(79)48(52(74)51(73)38-17-21-40(69)22-18-38)63-55(77)44-26-41(70)29-66(44)59(81)47(33(5)68)62-54(43)76/h9-24,30-33,41,43-52,56,67-74,78H,6-8,25-29H2,1-5H3,(H,60,75)(H,61,79)(H,62,76)(H,63,77)(H,64,80)/t30-,31+,32+,33+,41+,43-,44-,45+,46+,47-,48-,49-,50-,51-,52-,56+/m0/s1. The maximum absolute atomic E-state index is 14.5. The average Bonchev–Trinajstić information content (AvgIpc) is 4.06. The molecule has 16 atom stereocenters. The fourth-order valence-corrected chi connectivity index (χ4v) is 10.8. The lowest BCUT2D eigenvalue weighted by molar-refractivity contribution is -0.145. The minimum Gasteiger partial charge on any atom is -0.508 e. The van der Waals surface area contributed by atoms with E-state index in [0.29, 0.717) is 6.61 Å². The Morgan fingerprint density at radius 1 is 0.671 bits per heavy atom. The Balaban J connectivity index is 1.18. The van der Waals surface area contributed by atoms with Gasteiger partial charge in [0.2, 0.25) is 29.5 Å². The van der Waals surface area contributed by atoms with E-state index in [-0.39, 0.29) is 23.4 Å². The lowest BCUT2D eigenvalue weighted by atomic mass is 9.96. The maximum atomic E-state index is 14.5. The summed E-state index contributed by atoms with van der Waals surface area (Å²) in [5.74, 6) is -6.57. The number of aromatic hydroxyl groups is 1. The zero-order chi connectivity index (χ0) is 59.7. The van der Waals surface area contributed by atoms with Crippen LogP contribution in [-0.2, 0) is 24.0 Å². The predicted octanol–water partition coefficient (Wildman–Crippen LogP) is -0.0652. The zero-order valence-corrected chi connectivity index (χ0v) is 46.4. The number of aliphatic hydroxyl groups excluding tert-OH is 8. The van der Waals surface area contributed by atoms with Gasteiger partial charge in [0.25, 0.3) is 5.91 Å². The van der Waals surface area contributed by atoms with E-state index >= 15 is 0 Å². The van der Waals surface area contributed by atoms with Crippen LogP contribution < -0.4 is 31.3 Å². The molecule has 3 saturated heterocycles. The molecule has 6 amide bonds. The highest BCUT2D eigenvalue weighted by molar-refractivity contribution is 6.00. The third-order valence-corrected chi connectivity index (χ3v) is 15.6. The fourth-order valence-electron chi connectivity index (χ4n) is 10.8. The van der Waals surface area contributed by atoms with Gasteiger partial charge in [-0.15, -0.1) is 0 Å². The van der Waals surface area contributed by atoms with Crippen molar-refractivity contribution in [2.45, 2.75) is 158 Å². The van der Waals surface area contributed by atoms with Crippen LogP contribution in [0, 0.1) is 5.92 Å². The van der Waals surface area contributed by atoms with Gasteiger partial charge in [0.15, 0.2) is 6.23 Å². The first kappa shape index (κ1) is 62.5. The number of hydrogen-bond donors (Lipinski definition) is 14. The highest BCUT2D eigenvalue weighted by Gasteiger charge is 2.50. The summed E-state index contributed by atoms with van der Waals surface area (Å²) in [5.41, 5.74) is 3.54. The van der Waals surface area contributed by atoms with Crippen LogP contribution in [0.5, 0.6) is 11.5 Å². The van der Waals surface area contributed by atoms with Crippen LogP contribution in [0.3, 0.4) is 0 Å². The minimum atomic E-state index is -2.18. The molecule has 0 aromatic heterocycles. The molecular weight excluding hydrogens is 1060 g/mol. The summed E-state index contributed by atoms with van der Waals surface area (Å²) in [5, 5.41) is 113. The van der Waals surface area contributed by atoms with Crippen molar-refractivity contribution in [3.8, 4) is 33.8 Å². The van der Waals surface area contributed by atoms with E-state index in [0.717, 1.165) is 59.1 Å². The molecule has 3 heterocycles. The Hall–Kier alpha value is -7.06. The SMILES string of the molecule is CCCCCOc1ccc(-c2ccc(-c3ccc(C(=O)N[C@H]4C[C@@H](O)[C@@H](O)NC(=O)[C@@H]5[C@@H](O)[C@@H](C)CN5[C@H](C)[C@H]([C@@H](C)O)NC(=O)[C@H]([C@H](O)[C@@H](O)c5ccc(O)cc5)NC(=O)[C@@H]5C[C@@H](O)CN5C(=O)[C@H]([C@@H](C)O)NC4=O)cc3)cc2)cc1. The van der Waals surface area contributed by atoms with E-state index in [9.17, 15) is 74.7 Å². The Labute approximate surface area is 475 Å². The second kappa shape index (κ2) is 27.8. The summed E-state index contributed by atoms with van der Waals surface area (Å²) in [7, 11) is 0. The van der Waals surface area contributed by atoms with Gasteiger partial charge in [-0.05, 0) is 97.3 Å². The van der Waals surface area contributed by atoms with Crippen LogP contribution in [0.15, 0.2) is 97.1 Å². The molecule has 0 radical (unpaired) electrons. The second-order valence-corrected chi connectivity index (χ2v) is 21.8. The van der Waals surface area contributed by atoms with Gasteiger partial charge in [0.05, 0.1) is 37.1 Å². The Morgan fingerprint density at radius 2 is 1.24 bits per heavy atom. The summed E-state index contributed by atoms with van der Waals surface area (Å²) < 4.78 is 5.85. The number of fused-ring (bicyclic) bond motifs is 2. The molecule has 3 aliphatic rings. The summed E-state index contributed by atoms with van der Waals surface area (Å²) in [6, 6.07) is 15.4. The molecular formula is C59H77N7O16. The predicted molar refractivity (Wildman–Crippen MR) is 298 cm³/mol. The van der Waals surface area contributed by atoms with E-state index < -0.39 is 152 Å². The minimum absolute atomic E-state index is 0.00759. The van der Waals surface area contributed by atoms with Crippen molar-refractivity contribution in [3.05, 3.63) is 108 Å². The van der Waals surface area contributed by atoms with Crippen LogP contribution in [0.1, 0.15) is 88.7 Å². The molecule has 0 spiro atoms. The molecule has 23 heteroatoms. The van der Waals surface area contributed by atoms with Crippen molar-refractivity contribution in [1.82, 2.24) is 36.4 Å². The summed E-state index contributed by atoms with van der Waals surface area (Å²) in [6.45, 7) is 7.78. The zero-order valence-electron chi connectivity index (χ0n) is 46.4. The Kier molecular flexibility index (Phi) is 21.2. The van der Waals surface area contributed by atoms with E-state index in [1.54, 1.807) is 19.1 Å². The largest absolute Gasteiger partial charge is 0.508 e.